The number of carbonyl (C=O) groups is 2. The van der Waals surface area contributed by atoms with Gasteiger partial charge in [0.1, 0.15) is 0 Å². The molecule has 0 spiro atoms. The Morgan fingerprint density at radius 2 is 1.71 bits per heavy atom. The highest BCUT2D eigenvalue weighted by molar-refractivity contribution is 6.04. The number of rotatable bonds is 2. The van der Waals surface area contributed by atoms with Crippen LogP contribution in [0.1, 0.15) is 37.5 Å². The molecule has 4 rings (SSSR count). The molecule has 0 unspecified atom stereocenters. The summed E-state index contributed by atoms with van der Waals surface area (Å²) in [4.78, 5) is 24.2. The molecule has 1 aromatic heterocycles. The first-order valence-electron chi connectivity index (χ1n) is 7.42. The minimum Gasteiger partial charge on any atom is -0.465 e. The summed E-state index contributed by atoms with van der Waals surface area (Å²) in [5.74, 6) is 0.302. The van der Waals surface area contributed by atoms with E-state index in [2.05, 4.69) is 0 Å². The zero-order chi connectivity index (χ0) is 16.8. The third-order valence-corrected chi connectivity index (χ3v) is 4.38. The van der Waals surface area contributed by atoms with Gasteiger partial charge in [0.15, 0.2) is 11.5 Å². The monoisotopic (exact) mass is 329 g/mol. The summed E-state index contributed by atoms with van der Waals surface area (Å²) in [6.07, 6.45) is 2.13. The normalized spacial score (nSPS) is 13.9. The van der Waals surface area contributed by atoms with Crippen LogP contribution in [-0.4, -0.2) is 37.5 Å². The smallest absolute Gasteiger partial charge is 0.340 e. The summed E-state index contributed by atoms with van der Waals surface area (Å²) >= 11 is 0. The number of ether oxygens (including phenoxy) is 4. The maximum absolute atomic E-state index is 12.2. The zero-order valence-electron chi connectivity index (χ0n) is 13.3. The number of benzene rings is 1. The third kappa shape index (κ3) is 2.05. The lowest BCUT2D eigenvalue weighted by atomic mass is 9.96. The van der Waals surface area contributed by atoms with Gasteiger partial charge in [0.25, 0.3) is 0 Å². The second-order valence-electron chi connectivity index (χ2n) is 5.63. The van der Waals surface area contributed by atoms with E-state index in [4.69, 9.17) is 18.9 Å². The van der Waals surface area contributed by atoms with Crippen molar-refractivity contribution in [2.45, 2.75) is 13.0 Å². The van der Waals surface area contributed by atoms with Crippen molar-refractivity contribution >= 4 is 11.9 Å². The summed E-state index contributed by atoms with van der Waals surface area (Å²) in [5.41, 5.74) is 3.30. The Morgan fingerprint density at radius 3 is 2.38 bits per heavy atom. The Morgan fingerprint density at radius 1 is 1.04 bits per heavy atom. The highest BCUT2D eigenvalue weighted by atomic mass is 16.7. The lowest BCUT2D eigenvalue weighted by Gasteiger charge is -2.20. The number of hydrogen-bond donors (Lipinski definition) is 0. The van der Waals surface area contributed by atoms with E-state index in [0.717, 1.165) is 16.8 Å². The minimum absolute atomic E-state index is 0.213. The van der Waals surface area contributed by atoms with Crippen molar-refractivity contribution in [2.24, 2.45) is 0 Å². The van der Waals surface area contributed by atoms with Crippen LogP contribution in [0, 0.1) is 0 Å². The van der Waals surface area contributed by atoms with Gasteiger partial charge in [0.2, 0.25) is 6.79 Å². The van der Waals surface area contributed by atoms with Gasteiger partial charge in [-0.2, -0.15) is 0 Å². The predicted octanol–water partition coefficient (Wildman–Crippen LogP) is 1.74. The van der Waals surface area contributed by atoms with E-state index in [1.54, 1.807) is 6.20 Å². The van der Waals surface area contributed by atoms with Gasteiger partial charge in [-0.15, -0.1) is 0 Å². The van der Waals surface area contributed by atoms with E-state index < -0.39 is 11.9 Å². The van der Waals surface area contributed by atoms with Crippen molar-refractivity contribution in [1.29, 1.82) is 0 Å². The molecular formula is C17H15NO6. The van der Waals surface area contributed by atoms with E-state index in [1.165, 1.54) is 14.2 Å². The average molecular weight is 329 g/mol. The molecule has 7 heteroatoms. The molecule has 24 heavy (non-hydrogen) atoms. The molecule has 1 aromatic carbocycles. The van der Waals surface area contributed by atoms with Crippen LogP contribution in [0.3, 0.4) is 0 Å². The average Bonchev–Trinajstić information content (AvgIpc) is 3.19. The largest absolute Gasteiger partial charge is 0.465 e. The molecule has 2 aromatic rings. The van der Waals surface area contributed by atoms with E-state index >= 15 is 0 Å². The van der Waals surface area contributed by atoms with Gasteiger partial charge in [0.05, 0.1) is 25.3 Å². The second kappa shape index (κ2) is 5.30. The number of nitrogens with zero attached hydrogens (tertiary/aromatic N) is 1. The van der Waals surface area contributed by atoms with Crippen molar-refractivity contribution in [3.05, 3.63) is 46.3 Å². The Labute approximate surface area is 137 Å². The molecule has 0 amide bonds. The number of aromatic nitrogens is 1. The van der Waals surface area contributed by atoms with Crippen LogP contribution < -0.4 is 9.47 Å². The fourth-order valence-corrected chi connectivity index (χ4v) is 3.22. The van der Waals surface area contributed by atoms with Gasteiger partial charge in [-0.25, -0.2) is 9.59 Å². The molecular weight excluding hydrogens is 314 g/mol. The van der Waals surface area contributed by atoms with Crippen LogP contribution >= 0.6 is 0 Å². The molecule has 0 bridgehead atoms. The Balaban J connectivity index is 1.83. The molecule has 3 heterocycles. The zero-order valence-corrected chi connectivity index (χ0v) is 13.3. The van der Waals surface area contributed by atoms with Gasteiger partial charge >= 0.3 is 11.9 Å². The van der Waals surface area contributed by atoms with Gasteiger partial charge in [-0.3, -0.25) is 0 Å². The van der Waals surface area contributed by atoms with Crippen LogP contribution in [0.25, 0.3) is 0 Å². The topological polar surface area (TPSA) is 76.0 Å². The summed E-state index contributed by atoms with van der Waals surface area (Å²) in [5, 5.41) is 0. The predicted molar refractivity (Wildman–Crippen MR) is 81.6 cm³/mol. The fourth-order valence-electron chi connectivity index (χ4n) is 3.22. The molecule has 0 N–H and O–H groups in total. The first-order chi connectivity index (χ1) is 11.6. The van der Waals surface area contributed by atoms with Crippen molar-refractivity contribution in [1.82, 2.24) is 4.57 Å². The Bertz CT molecular complexity index is 866. The summed E-state index contributed by atoms with van der Waals surface area (Å²) in [6, 6.07) is 3.86. The van der Waals surface area contributed by atoms with Crippen molar-refractivity contribution in [3.63, 3.8) is 0 Å². The van der Waals surface area contributed by atoms with Crippen LogP contribution in [0.2, 0.25) is 0 Å². The van der Waals surface area contributed by atoms with Crippen LogP contribution in [-0.2, 0) is 22.4 Å². The van der Waals surface area contributed by atoms with Crippen molar-refractivity contribution < 1.29 is 28.5 Å². The van der Waals surface area contributed by atoms with Crippen LogP contribution in [0.15, 0.2) is 18.3 Å². The van der Waals surface area contributed by atoms with Crippen LogP contribution in [0.4, 0.5) is 0 Å². The Hall–Kier alpha value is -2.96. The molecule has 7 nitrogen and oxygen atoms in total. The molecule has 2 aliphatic rings. The van der Waals surface area contributed by atoms with Crippen LogP contribution in [0.5, 0.6) is 11.5 Å². The molecule has 124 valence electrons. The summed E-state index contributed by atoms with van der Waals surface area (Å²) in [7, 11) is 2.58. The van der Waals surface area contributed by atoms with E-state index in [9.17, 15) is 9.59 Å². The van der Waals surface area contributed by atoms with Gasteiger partial charge in [-0.1, -0.05) is 0 Å². The standard InChI is InChI=1S/C17H15NO6/c1-21-16(19)11-7-18-6-10-5-14-13(23-8-24-14)4-9(10)3-12(18)15(11)17(20)22-2/h4-5,7H,3,6,8H2,1-2H3. The molecule has 0 aliphatic carbocycles. The number of methoxy groups -OCH3 is 2. The van der Waals surface area contributed by atoms with Crippen molar-refractivity contribution in [2.75, 3.05) is 21.0 Å². The quantitative estimate of drug-likeness (QED) is 0.667. The maximum atomic E-state index is 12.2. The molecule has 0 saturated heterocycles. The molecule has 0 atom stereocenters. The highest BCUT2D eigenvalue weighted by Gasteiger charge is 2.31. The summed E-state index contributed by atoms with van der Waals surface area (Å²) in [6.45, 7) is 0.743. The van der Waals surface area contributed by atoms with Gasteiger partial charge < -0.3 is 23.5 Å². The van der Waals surface area contributed by atoms with Gasteiger partial charge in [0, 0.05) is 24.9 Å². The third-order valence-electron chi connectivity index (χ3n) is 4.38. The van der Waals surface area contributed by atoms with Crippen molar-refractivity contribution in [3.8, 4) is 11.5 Å². The lowest BCUT2D eigenvalue weighted by Crippen LogP contribution is -2.16. The number of esters is 2. The minimum atomic E-state index is -0.560. The van der Waals surface area contributed by atoms with E-state index in [-0.39, 0.29) is 17.9 Å². The number of fused-ring (bicyclic) bond motifs is 3. The molecule has 0 saturated carbocycles. The second-order valence-corrected chi connectivity index (χ2v) is 5.63. The van der Waals surface area contributed by atoms with E-state index in [1.807, 2.05) is 16.7 Å². The maximum Gasteiger partial charge on any atom is 0.340 e. The van der Waals surface area contributed by atoms with E-state index in [0.29, 0.717) is 24.5 Å². The molecule has 2 aliphatic heterocycles. The summed E-state index contributed by atoms with van der Waals surface area (Å²) < 4.78 is 22.4. The lowest BCUT2D eigenvalue weighted by molar-refractivity contribution is 0.0556. The Kier molecular flexibility index (Phi) is 3.23. The van der Waals surface area contributed by atoms with Gasteiger partial charge in [-0.05, 0) is 23.3 Å². The molecule has 0 radical (unpaired) electrons. The SMILES string of the molecule is COC(=O)c1cn2c(c1C(=O)OC)Cc1cc3c(cc1C2)OCO3. The highest BCUT2D eigenvalue weighted by Crippen LogP contribution is 2.38. The molecule has 0 fully saturated rings. The number of hydrogen-bond acceptors (Lipinski definition) is 6. The first kappa shape index (κ1) is 14.6. The fraction of sp³-hybridized carbons (Fsp3) is 0.294. The number of carbonyl (C=O) groups excluding carboxylic acids is 2. The first-order valence-corrected chi connectivity index (χ1v) is 7.42.